The third kappa shape index (κ3) is 7.15. The summed E-state index contributed by atoms with van der Waals surface area (Å²) in [5.74, 6) is 1.32. The molecule has 0 aliphatic rings. The molecule has 5 aromatic carbocycles. The minimum Gasteiger partial charge on any atom is -0.324 e. The van der Waals surface area contributed by atoms with Crippen LogP contribution in [0, 0.1) is 0 Å². The SMILES string of the molecule is Clc1nc(Nc2ccc(Nc3nc(Cl)nc(N(c4ccccc4)c4ccccc4)n3)cc2)nc(N(c2ccccc2)c2ccccc2)n1. The van der Waals surface area contributed by atoms with E-state index in [4.69, 9.17) is 33.2 Å². The van der Waals surface area contributed by atoms with Crippen molar-refractivity contribution in [2.75, 3.05) is 20.4 Å². The van der Waals surface area contributed by atoms with Gasteiger partial charge in [-0.3, -0.25) is 9.80 Å². The second kappa shape index (κ2) is 14.1. The number of aromatic nitrogens is 6. The Bertz CT molecular complexity index is 1870. The zero-order valence-corrected chi connectivity index (χ0v) is 26.7. The van der Waals surface area contributed by atoms with Crippen LogP contribution in [0.2, 0.25) is 10.6 Å². The van der Waals surface area contributed by atoms with Crippen molar-refractivity contribution in [2.45, 2.75) is 0 Å². The highest BCUT2D eigenvalue weighted by Crippen LogP contribution is 2.34. The Balaban J connectivity index is 1.13. The number of para-hydroxylation sites is 4. The van der Waals surface area contributed by atoms with E-state index in [1.165, 1.54) is 0 Å². The summed E-state index contributed by atoms with van der Waals surface area (Å²) in [5.41, 5.74) is 4.98. The van der Waals surface area contributed by atoms with Crippen LogP contribution in [0.25, 0.3) is 0 Å². The number of hydrogen-bond acceptors (Lipinski definition) is 10. The van der Waals surface area contributed by atoms with Crippen molar-refractivity contribution in [3.8, 4) is 0 Å². The number of hydrogen-bond donors (Lipinski definition) is 2. The van der Waals surface area contributed by atoms with E-state index in [0.29, 0.717) is 23.8 Å². The summed E-state index contributed by atoms with van der Waals surface area (Å²) in [6, 6.07) is 46.8. The average molecular weight is 670 g/mol. The van der Waals surface area contributed by atoms with E-state index in [1.807, 2.05) is 155 Å². The summed E-state index contributed by atoms with van der Waals surface area (Å²) in [6.07, 6.45) is 0. The predicted molar refractivity (Wildman–Crippen MR) is 192 cm³/mol. The summed E-state index contributed by atoms with van der Waals surface area (Å²) in [4.78, 5) is 30.8. The van der Waals surface area contributed by atoms with Gasteiger partial charge < -0.3 is 10.6 Å². The van der Waals surface area contributed by atoms with Gasteiger partial charge in [-0.15, -0.1) is 0 Å². The van der Waals surface area contributed by atoms with Gasteiger partial charge in [0.15, 0.2) is 0 Å². The minimum absolute atomic E-state index is 0.0558. The van der Waals surface area contributed by atoms with Crippen molar-refractivity contribution in [2.24, 2.45) is 0 Å². The fraction of sp³-hybridized carbons (Fsp3) is 0. The molecular weight excluding hydrogens is 643 g/mol. The second-order valence-corrected chi connectivity index (χ2v) is 11.0. The fourth-order valence-corrected chi connectivity index (χ4v) is 5.27. The van der Waals surface area contributed by atoms with Crippen molar-refractivity contribution in [1.29, 1.82) is 0 Å². The molecule has 7 rings (SSSR count). The molecule has 0 atom stereocenters. The minimum atomic E-state index is 0.0558. The Hall–Kier alpha value is -6.10. The van der Waals surface area contributed by atoms with Crippen LogP contribution in [0.5, 0.6) is 0 Å². The molecule has 0 bridgehead atoms. The van der Waals surface area contributed by atoms with Crippen LogP contribution in [0.3, 0.4) is 0 Å². The number of halogens is 2. The third-order valence-electron chi connectivity index (χ3n) is 7.05. The summed E-state index contributed by atoms with van der Waals surface area (Å²) in [7, 11) is 0. The van der Waals surface area contributed by atoms with Gasteiger partial charge in [0.1, 0.15) is 0 Å². The largest absolute Gasteiger partial charge is 0.324 e. The van der Waals surface area contributed by atoms with Crippen LogP contribution >= 0.6 is 23.2 Å². The molecule has 2 N–H and O–H groups in total. The van der Waals surface area contributed by atoms with Crippen molar-refractivity contribution < 1.29 is 0 Å². The van der Waals surface area contributed by atoms with Crippen molar-refractivity contribution >= 4 is 81.1 Å². The van der Waals surface area contributed by atoms with Crippen molar-refractivity contribution in [3.05, 3.63) is 156 Å². The van der Waals surface area contributed by atoms with Crippen molar-refractivity contribution in [3.63, 3.8) is 0 Å². The van der Waals surface area contributed by atoms with Gasteiger partial charge in [0.2, 0.25) is 34.4 Å². The predicted octanol–water partition coefficient (Wildman–Crippen LogP) is 9.79. The quantitative estimate of drug-likeness (QED) is 0.146. The molecule has 2 heterocycles. The molecule has 0 amide bonds. The van der Waals surface area contributed by atoms with Crippen LogP contribution in [0.15, 0.2) is 146 Å². The number of nitrogens with one attached hydrogen (secondary N) is 2. The lowest BCUT2D eigenvalue weighted by atomic mass is 10.2. The maximum Gasteiger partial charge on any atom is 0.240 e. The van der Waals surface area contributed by atoms with E-state index in [2.05, 4.69) is 30.6 Å². The maximum atomic E-state index is 6.40. The maximum absolute atomic E-state index is 6.40. The first-order valence-corrected chi connectivity index (χ1v) is 15.6. The highest BCUT2D eigenvalue weighted by molar-refractivity contribution is 6.28. The van der Waals surface area contributed by atoms with Crippen molar-refractivity contribution in [1.82, 2.24) is 29.9 Å². The number of nitrogens with zero attached hydrogens (tertiary/aromatic N) is 8. The van der Waals surface area contributed by atoms with Gasteiger partial charge in [0.05, 0.1) is 0 Å². The van der Waals surface area contributed by atoms with E-state index >= 15 is 0 Å². The number of rotatable bonds is 10. The molecule has 2 aromatic heterocycles. The van der Waals surface area contributed by atoms with Crippen LogP contribution in [-0.2, 0) is 0 Å². The van der Waals surface area contributed by atoms with E-state index < -0.39 is 0 Å². The summed E-state index contributed by atoms with van der Waals surface area (Å²) >= 11 is 12.8. The fourth-order valence-electron chi connectivity index (χ4n) is 4.95. The normalized spacial score (nSPS) is 10.7. The Morgan fingerprint density at radius 2 is 0.646 bits per heavy atom. The first-order chi connectivity index (χ1) is 23.6. The first-order valence-electron chi connectivity index (χ1n) is 14.9. The number of benzene rings is 5. The Morgan fingerprint density at radius 3 is 0.938 bits per heavy atom. The van der Waals surface area contributed by atoms with Gasteiger partial charge in [-0.25, -0.2) is 0 Å². The van der Waals surface area contributed by atoms with Gasteiger partial charge in [0.25, 0.3) is 0 Å². The Labute approximate surface area is 286 Å². The molecule has 0 saturated heterocycles. The molecule has 0 saturated carbocycles. The smallest absolute Gasteiger partial charge is 0.240 e. The lowest BCUT2D eigenvalue weighted by Crippen LogP contribution is -2.15. The van der Waals surface area contributed by atoms with E-state index in [1.54, 1.807) is 0 Å². The lowest BCUT2D eigenvalue weighted by molar-refractivity contribution is 1.01. The molecule has 7 aromatic rings. The Kier molecular flexibility index (Phi) is 8.99. The first kappa shape index (κ1) is 30.5. The van der Waals surface area contributed by atoms with Gasteiger partial charge in [-0.05, 0) is 96.0 Å². The molecule has 234 valence electrons. The second-order valence-electron chi connectivity index (χ2n) is 10.3. The molecule has 0 radical (unpaired) electrons. The topological polar surface area (TPSA) is 108 Å². The molecule has 0 spiro atoms. The van der Waals surface area contributed by atoms with E-state index in [9.17, 15) is 0 Å². The average Bonchev–Trinajstić information content (AvgIpc) is 3.11. The third-order valence-corrected chi connectivity index (χ3v) is 7.39. The zero-order valence-electron chi connectivity index (χ0n) is 25.2. The highest BCUT2D eigenvalue weighted by atomic mass is 35.5. The number of anilines is 10. The van der Waals surface area contributed by atoms with Crippen LogP contribution in [0.1, 0.15) is 0 Å². The molecule has 48 heavy (non-hydrogen) atoms. The molecular formula is C36H26Cl2N10. The summed E-state index contributed by atoms with van der Waals surface area (Å²) in [6.45, 7) is 0. The summed E-state index contributed by atoms with van der Waals surface area (Å²) in [5, 5.41) is 6.58. The van der Waals surface area contributed by atoms with Crippen LogP contribution < -0.4 is 20.4 Å². The highest BCUT2D eigenvalue weighted by Gasteiger charge is 2.19. The lowest BCUT2D eigenvalue weighted by Gasteiger charge is -2.23. The molecule has 0 unspecified atom stereocenters. The van der Waals surface area contributed by atoms with Gasteiger partial charge in [-0.2, -0.15) is 29.9 Å². The summed E-state index contributed by atoms with van der Waals surface area (Å²) < 4.78 is 0. The standard InChI is InChI=1S/C36H26Cl2N10/c37-31-41-33(45-35(43-31)47(27-13-5-1-6-14-27)28-15-7-2-8-16-28)39-25-21-23-26(24-22-25)40-34-42-32(38)44-36(46-34)48(29-17-9-3-10-18-29)30-19-11-4-12-20-30/h1-24H,(H,39,41,43,45)(H,40,42,44,46). The van der Waals surface area contributed by atoms with Gasteiger partial charge >= 0.3 is 0 Å². The monoisotopic (exact) mass is 668 g/mol. The van der Waals surface area contributed by atoms with Crippen LogP contribution in [0.4, 0.5) is 57.9 Å². The van der Waals surface area contributed by atoms with Crippen LogP contribution in [-0.4, -0.2) is 29.9 Å². The van der Waals surface area contributed by atoms with Gasteiger partial charge in [0, 0.05) is 34.1 Å². The molecule has 0 aliphatic heterocycles. The molecule has 10 nitrogen and oxygen atoms in total. The van der Waals surface area contributed by atoms with E-state index in [-0.39, 0.29) is 10.6 Å². The zero-order chi connectivity index (χ0) is 32.7. The Morgan fingerprint density at radius 1 is 0.354 bits per heavy atom. The van der Waals surface area contributed by atoms with E-state index in [0.717, 1.165) is 34.1 Å². The van der Waals surface area contributed by atoms with Gasteiger partial charge in [-0.1, -0.05) is 72.8 Å². The molecule has 12 heteroatoms. The molecule has 0 aliphatic carbocycles. The molecule has 0 fully saturated rings.